The molecule has 0 aromatic rings. The Labute approximate surface area is 254 Å². The maximum Gasteiger partial charge on any atom is 0.309 e. The summed E-state index contributed by atoms with van der Waals surface area (Å²) in [6.45, 7) is 4.85. The van der Waals surface area contributed by atoms with Gasteiger partial charge in [0, 0.05) is 0 Å². The molecule has 8 heteroatoms. The van der Waals surface area contributed by atoms with Gasteiger partial charge in [0.1, 0.15) is 0 Å². The monoisotopic (exact) mass is 596 g/mol. The normalized spacial score (nSPS) is 20.2. The van der Waals surface area contributed by atoms with Crippen molar-refractivity contribution >= 4 is 23.9 Å². The van der Waals surface area contributed by atoms with E-state index in [1.165, 1.54) is 77.0 Å². The van der Waals surface area contributed by atoms with Crippen molar-refractivity contribution in [2.75, 3.05) is 13.2 Å². The van der Waals surface area contributed by atoms with Gasteiger partial charge >= 0.3 is 23.9 Å². The third kappa shape index (κ3) is 16.5. The maximum absolute atomic E-state index is 13.0. The summed E-state index contributed by atoms with van der Waals surface area (Å²) in [5.41, 5.74) is 0. The van der Waals surface area contributed by atoms with E-state index in [2.05, 4.69) is 13.8 Å². The molecule has 42 heavy (non-hydrogen) atoms. The van der Waals surface area contributed by atoms with Crippen LogP contribution >= 0.6 is 0 Å². The summed E-state index contributed by atoms with van der Waals surface area (Å²) in [6.07, 6.45) is 22.5. The van der Waals surface area contributed by atoms with Crippen LogP contribution in [0.4, 0.5) is 0 Å². The molecule has 0 aromatic heterocycles. The first kappa shape index (κ1) is 37.9. The highest BCUT2D eigenvalue weighted by atomic mass is 16.5. The number of carbonyl (C=O) groups is 4. The number of rotatable bonds is 26. The molecule has 0 radical (unpaired) electrons. The minimum atomic E-state index is -1.27. The topological polar surface area (TPSA) is 127 Å². The van der Waals surface area contributed by atoms with Gasteiger partial charge in [-0.2, -0.15) is 0 Å². The molecule has 0 bridgehead atoms. The Kier molecular flexibility index (Phi) is 22.0. The average Bonchev–Trinajstić information content (AvgIpc) is 2.97. The molecule has 0 spiro atoms. The van der Waals surface area contributed by atoms with Gasteiger partial charge in [-0.15, -0.1) is 0 Å². The second kappa shape index (κ2) is 24.3. The smallest absolute Gasteiger partial charge is 0.309 e. The van der Waals surface area contributed by atoms with Crippen molar-refractivity contribution in [1.29, 1.82) is 0 Å². The SMILES string of the molecule is CCCCCCCCCCCCOC(=O)C1CC(C(=O)O)C(C(=O)O)CC1C(=O)OCCCCCCCCCCCC. The van der Waals surface area contributed by atoms with E-state index in [-0.39, 0.29) is 26.1 Å². The molecular weight excluding hydrogens is 536 g/mol. The van der Waals surface area contributed by atoms with Crippen LogP contribution in [0.1, 0.15) is 155 Å². The maximum atomic E-state index is 13.0. The van der Waals surface area contributed by atoms with E-state index in [4.69, 9.17) is 9.47 Å². The number of unbranched alkanes of at least 4 members (excludes halogenated alkanes) is 18. The van der Waals surface area contributed by atoms with Crippen LogP contribution in [0.5, 0.6) is 0 Å². The summed E-state index contributed by atoms with van der Waals surface area (Å²) < 4.78 is 11.0. The zero-order valence-electron chi connectivity index (χ0n) is 26.6. The first-order valence-electron chi connectivity index (χ1n) is 17.1. The predicted octanol–water partition coefficient (Wildman–Crippen LogP) is 8.34. The largest absolute Gasteiger partial charge is 0.481 e. The van der Waals surface area contributed by atoms with Gasteiger partial charge in [-0.3, -0.25) is 19.2 Å². The Hall–Kier alpha value is -2.12. The van der Waals surface area contributed by atoms with Crippen LogP contribution in [-0.2, 0) is 28.7 Å². The highest BCUT2D eigenvalue weighted by molar-refractivity contribution is 5.86. The van der Waals surface area contributed by atoms with E-state index in [0.29, 0.717) is 12.8 Å². The fraction of sp³-hybridized carbons (Fsp3) is 0.882. The molecule has 2 N–H and O–H groups in total. The second-order valence-electron chi connectivity index (χ2n) is 12.3. The Morgan fingerprint density at radius 3 is 0.976 bits per heavy atom. The predicted molar refractivity (Wildman–Crippen MR) is 164 cm³/mol. The molecule has 1 aliphatic rings. The Balaban J connectivity index is 2.47. The van der Waals surface area contributed by atoms with Crippen molar-refractivity contribution in [2.45, 2.75) is 155 Å². The van der Waals surface area contributed by atoms with E-state index >= 15 is 0 Å². The summed E-state index contributed by atoms with van der Waals surface area (Å²) in [6, 6.07) is 0. The zero-order valence-corrected chi connectivity index (χ0v) is 26.6. The van der Waals surface area contributed by atoms with Crippen molar-refractivity contribution < 1.29 is 38.9 Å². The van der Waals surface area contributed by atoms with Gasteiger partial charge in [0.05, 0.1) is 36.9 Å². The fourth-order valence-electron chi connectivity index (χ4n) is 6.01. The van der Waals surface area contributed by atoms with E-state index in [1.54, 1.807) is 0 Å². The Bertz CT molecular complexity index is 690. The van der Waals surface area contributed by atoms with Crippen LogP contribution in [0.25, 0.3) is 0 Å². The number of hydrogen-bond acceptors (Lipinski definition) is 6. The van der Waals surface area contributed by atoms with E-state index in [9.17, 15) is 29.4 Å². The van der Waals surface area contributed by atoms with Crippen LogP contribution < -0.4 is 0 Å². The summed E-state index contributed by atoms with van der Waals surface area (Å²) >= 11 is 0. The van der Waals surface area contributed by atoms with E-state index < -0.39 is 47.5 Å². The molecule has 4 unspecified atom stereocenters. The lowest BCUT2D eigenvalue weighted by Crippen LogP contribution is -2.46. The highest BCUT2D eigenvalue weighted by Gasteiger charge is 2.50. The molecule has 0 amide bonds. The lowest BCUT2D eigenvalue weighted by molar-refractivity contribution is -0.172. The van der Waals surface area contributed by atoms with Gasteiger partial charge in [-0.05, 0) is 25.7 Å². The second-order valence-corrected chi connectivity index (χ2v) is 12.3. The quantitative estimate of drug-likeness (QED) is 0.0753. The standard InChI is InChI=1S/C34H60O8/c1-3-5-7-9-11-13-15-17-19-21-23-41-33(39)29-25-27(31(35)36)28(32(37)38)26-30(29)34(40)42-24-22-20-18-16-14-12-10-8-6-4-2/h27-30H,3-26H2,1-2H3,(H,35,36)(H,37,38). The molecule has 1 fully saturated rings. The molecule has 0 saturated heterocycles. The molecule has 0 aromatic carbocycles. The third-order valence-corrected chi connectivity index (χ3v) is 8.71. The minimum Gasteiger partial charge on any atom is -0.481 e. The molecule has 8 nitrogen and oxygen atoms in total. The van der Waals surface area contributed by atoms with Gasteiger partial charge in [0.15, 0.2) is 0 Å². The summed E-state index contributed by atoms with van der Waals surface area (Å²) in [5.74, 6) is -8.30. The molecule has 1 saturated carbocycles. The summed E-state index contributed by atoms with van der Waals surface area (Å²) in [5, 5.41) is 19.3. The van der Waals surface area contributed by atoms with Crippen LogP contribution in [0.2, 0.25) is 0 Å². The number of esters is 2. The van der Waals surface area contributed by atoms with Gasteiger partial charge in [0.25, 0.3) is 0 Å². The van der Waals surface area contributed by atoms with Crippen molar-refractivity contribution in [3.8, 4) is 0 Å². The fourth-order valence-corrected chi connectivity index (χ4v) is 6.01. The first-order chi connectivity index (χ1) is 20.3. The average molecular weight is 597 g/mol. The lowest BCUT2D eigenvalue weighted by Gasteiger charge is -2.35. The summed E-state index contributed by atoms with van der Waals surface area (Å²) in [4.78, 5) is 49.7. The molecule has 0 aliphatic heterocycles. The van der Waals surface area contributed by atoms with Crippen LogP contribution in [-0.4, -0.2) is 47.3 Å². The van der Waals surface area contributed by atoms with Gasteiger partial charge in [-0.25, -0.2) is 0 Å². The number of carboxylic acid groups (broad SMARTS) is 2. The summed E-state index contributed by atoms with van der Waals surface area (Å²) in [7, 11) is 0. The van der Waals surface area contributed by atoms with Crippen molar-refractivity contribution in [3.05, 3.63) is 0 Å². The number of carboxylic acids is 2. The molecule has 1 aliphatic carbocycles. The third-order valence-electron chi connectivity index (χ3n) is 8.71. The van der Waals surface area contributed by atoms with Crippen molar-refractivity contribution in [1.82, 2.24) is 0 Å². The molecule has 244 valence electrons. The zero-order chi connectivity index (χ0) is 31.0. The molecule has 4 atom stereocenters. The Morgan fingerprint density at radius 2 is 0.714 bits per heavy atom. The van der Waals surface area contributed by atoms with Gasteiger partial charge in [-0.1, -0.05) is 129 Å². The van der Waals surface area contributed by atoms with E-state index in [1.807, 2.05) is 0 Å². The van der Waals surface area contributed by atoms with Crippen molar-refractivity contribution in [3.63, 3.8) is 0 Å². The molecule has 0 heterocycles. The van der Waals surface area contributed by atoms with E-state index in [0.717, 1.165) is 38.5 Å². The van der Waals surface area contributed by atoms with Crippen LogP contribution in [0.15, 0.2) is 0 Å². The first-order valence-corrected chi connectivity index (χ1v) is 17.1. The lowest BCUT2D eigenvalue weighted by atomic mass is 9.68. The minimum absolute atomic E-state index is 0.215. The Morgan fingerprint density at radius 1 is 0.452 bits per heavy atom. The number of hydrogen-bond donors (Lipinski definition) is 2. The highest BCUT2D eigenvalue weighted by Crippen LogP contribution is 2.40. The van der Waals surface area contributed by atoms with Crippen LogP contribution in [0, 0.1) is 23.7 Å². The number of ether oxygens (including phenoxy) is 2. The molecular formula is C34H60O8. The molecule has 1 rings (SSSR count). The van der Waals surface area contributed by atoms with Gasteiger partial charge in [0.2, 0.25) is 0 Å². The van der Waals surface area contributed by atoms with Crippen molar-refractivity contribution in [2.24, 2.45) is 23.7 Å². The number of aliphatic carboxylic acids is 2. The number of carbonyl (C=O) groups excluding carboxylic acids is 2. The van der Waals surface area contributed by atoms with Crippen LogP contribution in [0.3, 0.4) is 0 Å². The van der Waals surface area contributed by atoms with Gasteiger partial charge < -0.3 is 19.7 Å².